The zero-order chi connectivity index (χ0) is 53.6. The highest BCUT2D eigenvalue weighted by atomic mass is 16.6. The van der Waals surface area contributed by atoms with Crippen LogP contribution in [0.4, 0.5) is 0 Å². The van der Waals surface area contributed by atoms with Gasteiger partial charge < -0.3 is 14.2 Å². The number of ether oxygens (including phenoxy) is 3. The quantitative estimate of drug-likeness (QED) is 0.0261. The van der Waals surface area contributed by atoms with Gasteiger partial charge >= 0.3 is 17.9 Å². The van der Waals surface area contributed by atoms with Crippen LogP contribution >= 0.6 is 0 Å². The van der Waals surface area contributed by atoms with Crippen molar-refractivity contribution < 1.29 is 28.6 Å². The standard InChI is InChI=1S/C68H130O6/c1-4-7-10-13-16-19-22-25-27-28-29-30-31-32-33-34-35-36-37-38-39-40-42-43-46-49-52-55-58-61-67(70)73-64-65(63-72-66(69)60-57-54-51-48-45-24-21-18-15-12-9-6-3)74-68(71)62-59-56-53-50-47-44-41-26-23-20-17-14-11-8-5-2/h28-29,65H,4-27,30-64H2,1-3H3/b29-28-. The van der Waals surface area contributed by atoms with E-state index < -0.39 is 6.10 Å². The van der Waals surface area contributed by atoms with Crippen LogP contribution in [0.2, 0.25) is 0 Å². The lowest BCUT2D eigenvalue weighted by molar-refractivity contribution is -0.167. The molecule has 0 fully saturated rings. The van der Waals surface area contributed by atoms with Crippen molar-refractivity contribution in [1.29, 1.82) is 0 Å². The second kappa shape index (κ2) is 63.7. The van der Waals surface area contributed by atoms with Crippen LogP contribution in [-0.2, 0) is 28.6 Å². The molecule has 0 aliphatic heterocycles. The van der Waals surface area contributed by atoms with Crippen molar-refractivity contribution in [3.63, 3.8) is 0 Å². The number of esters is 3. The van der Waals surface area contributed by atoms with Crippen molar-refractivity contribution in [3.05, 3.63) is 12.2 Å². The van der Waals surface area contributed by atoms with Crippen molar-refractivity contribution in [2.75, 3.05) is 13.2 Å². The summed E-state index contributed by atoms with van der Waals surface area (Å²) in [5.74, 6) is -0.831. The first kappa shape index (κ1) is 72.2. The minimum atomic E-state index is -0.763. The first-order valence-corrected chi connectivity index (χ1v) is 33.7. The van der Waals surface area contributed by atoms with E-state index >= 15 is 0 Å². The highest BCUT2D eigenvalue weighted by molar-refractivity contribution is 5.71. The first-order valence-electron chi connectivity index (χ1n) is 33.7. The van der Waals surface area contributed by atoms with Crippen LogP contribution in [0.15, 0.2) is 12.2 Å². The molecule has 0 rings (SSSR count). The van der Waals surface area contributed by atoms with Gasteiger partial charge in [-0.3, -0.25) is 14.4 Å². The fourth-order valence-electron chi connectivity index (χ4n) is 10.4. The van der Waals surface area contributed by atoms with Crippen LogP contribution < -0.4 is 0 Å². The Labute approximate surface area is 462 Å². The molecule has 6 heteroatoms. The van der Waals surface area contributed by atoms with E-state index in [2.05, 4.69) is 32.9 Å². The summed E-state index contributed by atoms with van der Waals surface area (Å²) in [5.41, 5.74) is 0. The summed E-state index contributed by atoms with van der Waals surface area (Å²) in [6, 6.07) is 0. The molecule has 0 radical (unpaired) electrons. The van der Waals surface area contributed by atoms with Crippen molar-refractivity contribution in [2.24, 2.45) is 0 Å². The van der Waals surface area contributed by atoms with Gasteiger partial charge in [-0.2, -0.15) is 0 Å². The lowest BCUT2D eigenvalue weighted by atomic mass is 10.0. The summed E-state index contributed by atoms with van der Waals surface area (Å²) in [7, 11) is 0. The van der Waals surface area contributed by atoms with Gasteiger partial charge in [-0.25, -0.2) is 0 Å². The predicted octanol–water partition coefficient (Wildman–Crippen LogP) is 22.8. The van der Waals surface area contributed by atoms with Crippen molar-refractivity contribution in [1.82, 2.24) is 0 Å². The number of rotatable bonds is 63. The van der Waals surface area contributed by atoms with Gasteiger partial charge in [0.25, 0.3) is 0 Å². The van der Waals surface area contributed by atoms with Crippen LogP contribution in [0.25, 0.3) is 0 Å². The van der Waals surface area contributed by atoms with Crippen LogP contribution in [0.1, 0.15) is 387 Å². The summed E-state index contributed by atoms with van der Waals surface area (Å²) in [5, 5.41) is 0. The topological polar surface area (TPSA) is 78.9 Å². The molecule has 438 valence electrons. The summed E-state index contributed by atoms with van der Waals surface area (Å²) < 4.78 is 16.9. The van der Waals surface area contributed by atoms with Gasteiger partial charge in [-0.05, 0) is 44.9 Å². The maximum atomic E-state index is 12.9. The number of carbonyl (C=O) groups is 3. The second-order valence-electron chi connectivity index (χ2n) is 23.1. The van der Waals surface area contributed by atoms with Gasteiger partial charge in [0.2, 0.25) is 0 Å². The SMILES string of the molecule is CCCCCCCCCC/C=C\CCCCCCCCCCCCCCCCCCCC(=O)OCC(COC(=O)CCCCCCCCCCCCCC)OC(=O)CCCCCCCCCCCCCCCCC. The Morgan fingerprint density at radius 1 is 0.257 bits per heavy atom. The Bertz CT molecular complexity index is 1150. The predicted molar refractivity (Wildman–Crippen MR) is 321 cm³/mol. The molecule has 0 spiro atoms. The molecule has 6 nitrogen and oxygen atoms in total. The molecule has 0 saturated heterocycles. The molecule has 0 aliphatic carbocycles. The van der Waals surface area contributed by atoms with E-state index in [4.69, 9.17) is 14.2 Å². The van der Waals surface area contributed by atoms with Crippen LogP contribution in [0.3, 0.4) is 0 Å². The van der Waals surface area contributed by atoms with E-state index in [1.54, 1.807) is 0 Å². The minimum absolute atomic E-state index is 0.0624. The van der Waals surface area contributed by atoms with Gasteiger partial charge in [0.05, 0.1) is 0 Å². The Balaban J connectivity index is 4.11. The average Bonchev–Trinajstić information content (AvgIpc) is 3.40. The molecule has 0 saturated carbocycles. The van der Waals surface area contributed by atoms with E-state index in [1.165, 1.54) is 289 Å². The highest BCUT2D eigenvalue weighted by Gasteiger charge is 2.19. The largest absolute Gasteiger partial charge is 0.462 e. The van der Waals surface area contributed by atoms with Crippen LogP contribution in [0, 0.1) is 0 Å². The van der Waals surface area contributed by atoms with Gasteiger partial charge in [-0.1, -0.05) is 335 Å². The summed E-state index contributed by atoms with van der Waals surface area (Å²) >= 11 is 0. The van der Waals surface area contributed by atoms with E-state index in [-0.39, 0.29) is 31.1 Å². The van der Waals surface area contributed by atoms with Crippen molar-refractivity contribution in [2.45, 2.75) is 393 Å². The van der Waals surface area contributed by atoms with E-state index in [1.807, 2.05) is 0 Å². The normalized spacial score (nSPS) is 12.0. The van der Waals surface area contributed by atoms with Gasteiger partial charge in [0.1, 0.15) is 13.2 Å². The summed E-state index contributed by atoms with van der Waals surface area (Å²) in [6.07, 6.45) is 75.3. The van der Waals surface area contributed by atoms with E-state index in [0.717, 1.165) is 57.8 Å². The zero-order valence-electron chi connectivity index (χ0n) is 50.4. The Morgan fingerprint density at radius 2 is 0.446 bits per heavy atom. The Morgan fingerprint density at radius 3 is 0.676 bits per heavy atom. The highest BCUT2D eigenvalue weighted by Crippen LogP contribution is 2.18. The fourth-order valence-corrected chi connectivity index (χ4v) is 10.4. The number of allylic oxidation sites excluding steroid dienone is 2. The fraction of sp³-hybridized carbons (Fsp3) is 0.926. The minimum Gasteiger partial charge on any atom is -0.462 e. The molecule has 1 unspecified atom stereocenters. The zero-order valence-corrected chi connectivity index (χ0v) is 50.4. The average molecular weight is 1040 g/mol. The van der Waals surface area contributed by atoms with Gasteiger partial charge in [0.15, 0.2) is 6.10 Å². The molecule has 74 heavy (non-hydrogen) atoms. The van der Waals surface area contributed by atoms with Crippen LogP contribution in [-0.4, -0.2) is 37.2 Å². The first-order chi connectivity index (χ1) is 36.5. The lowest BCUT2D eigenvalue weighted by Crippen LogP contribution is -2.30. The molecule has 0 aliphatic rings. The van der Waals surface area contributed by atoms with E-state index in [0.29, 0.717) is 19.3 Å². The van der Waals surface area contributed by atoms with Gasteiger partial charge in [-0.15, -0.1) is 0 Å². The number of hydrogen-bond donors (Lipinski definition) is 0. The number of unbranched alkanes of at least 4 members (excludes halogenated alkanes) is 50. The molecule has 0 aromatic carbocycles. The summed E-state index contributed by atoms with van der Waals surface area (Å²) in [6.45, 7) is 6.71. The van der Waals surface area contributed by atoms with E-state index in [9.17, 15) is 14.4 Å². The third kappa shape index (κ3) is 61.0. The molecular weight excluding hydrogens is 913 g/mol. The Hall–Kier alpha value is -1.85. The van der Waals surface area contributed by atoms with Gasteiger partial charge in [0, 0.05) is 19.3 Å². The monoisotopic (exact) mass is 1040 g/mol. The summed E-state index contributed by atoms with van der Waals surface area (Å²) in [4.78, 5) is 38.3. The third-order valence-electron chi connectivity index (χ3n) is 15.5. The molecule has 0 aromatic rings. The molecule has 0 aromatic heterocycles. The molecule has 0 N–H and O–H groups in total. The van der Waals surface area contributed by atoms with Crippen molar-refractivity contribution >= 4 is 17.9 Å². The maximum Gasteiger partial charge on any atom is 0.306 e. The maximum absolute atomic E-state index is 12.9. The smallest absolute Gasteiger partial charge is 0.306 e. The third-order valence-corrected chi connectivity index (χ3v) is 15.5. The van der Waals surface area contributed by atoms with Crippen LogP contribution in [0.5, 0.6) is 0 Å². The molecule has 1 atom stereocenters. The molecule has 0 amide bonds. The number of hydrogen-bond acceptors (Lipinski definition) is 6. The molecule has 0 bridgehead atoms. The lowest BCUT2D eigenvalue weighted by Gasteiger charge is -2.18. The molecular formula is C68H130O6. The Kier molecular flexibility index (Phi) is 62.1. The second-order valence-corrected chi connectivity index (χ2v) is 23.1. The van der Waals surface area contributed by atoms with Crippen molar-refractivity contribution in [3.8, 4) is 0 Å². The molecule has 0 heterocycles. The number of carbonyl (C=O) groups excluding carboxylic acids is 3.